The van der Waals surface area contributed by atoms with Gasteiger partial charge in [0, 0.05) is 17.3 Å². The SMILES string of the molecule is Cc1ccc(C2=C(Nc3cccc(Cl)c3C)C(=O)N(CCc3ccccc3)C2=O)cc1C. The number of halogens is 1. The Morgan fingerprint density at radius 2 is 1.59 bits per heavy atom. The van der Waals surface area contributed by atoms with E-state index in [4.69, 9.17) is 11.6 Å². The Labute approximate surface area is 193 Å². The Kier molecular flexibility index (Phi) is 6.15. The van der Waals surface area contributed by atoms with Crippen molar-refractivity contribution in [1.29, 1.82) is 0 Å². The zero-order chi connectivity index (χ0) is 22.8. The molecule has 1 N–H and O–H groups in total. The van der Waals surface area contributed by atoms with Crippen LogP contribution in [0.1, 0.15) is 27.8 Å². The lowest BCUT2D eigenvalue weighted by Crippen LogP contribution is -2.34. The van der Waals surface area contributed by atoms with Crippen molar-refractivity contribution in [2.75, 3.05) is 11.9 Å². The number of rotatable bonds is 6. The molecule has 0 fully saturated rings. The van der Waals surface area contributed by atoms with Gasteiger partial charge < -0.3 is 5.32 Å². The van der Waals surface area contributed by atoms with Crippen molar-refractivity contribution in [3.63, 3.8) is 0 Å². The summed E-state index contributed by atoms with van der Waals surface area (Å²) in [5.41, 5.74) is 6.22. The van der Waals surface area contributed by atoms with Gasteiger partial charge in [-0.15, -0.1) is 0 Å². The molecule has 2 amide bonds. The molecule has 0 spiro atoms. The van der Waals surface area contributed by atoms with Gasteiger partial charge in [0.15, 0.2) is 0 Å². The first-order valence-corrected chi connectivity index (χ1v) is 11.0. The van der Waals surface area contributed by atoms with Gasteiger partial charge in [-0.3, -0.25) is 14.5 Å². The molecular weight excluding hydrogens is 420 g/mol. The first kappa shape index (κ1) is 21.8. The van der Waals surface area contributed by atoms with Crippen LogP contribution in [0.25, 0.3) is 5.57 Å². The number of carbonyl (C=O) groups is 2. The highest BCUT2D eigenvalue weighted by Crippen LogP contribution is 2.33. The molecule has 0 aliphatic carbocycles. The van der Waals surface area contributed by atoms with E-state index in [0.29, 0.717) is 29.2 Å². The third-order valence-corrected chi connectivity index (χ3v) is 6.37. The van der Waals surface area contributed by atoms with Crippen molar-refractivity contribution in [3.05, 3.63) is 105 Å². The minimum atomic E-state index is -0.321. The minimum Gasteiger partial charge on any atom is -0.350 e. The van der Waals surface area contributed by atoms with Crippen molar-refractivity contribution >= 4 is 34.7 Å². The van der Waals surface area contributed by atoms with E-state index in [9.17, 15) is 9.59 Å². The van der Waals surface area contributed by atoms with Crippen LogP contribution in [0.3, 0.4) is 0 Å². The van der Waals surface area contributed by atoms with Gasteiger partial charge in [-0.25, -0.2) is 0 Å². The third kappa shape index (κ3) is 4.19. The number of amides is 2. The molecule has 0 saturated carbocycles. The fourth-order valence-corrected chi connectivity index (χ4v) is 4.00. The molecule has 1 heterocycles. The number of benzene rings is 3. The molecule has 0 atom stereocenters. The molecule has 1 aliphatic heterocycles. The topological polar surface area (TPSA) is 49.4 Å². The number of imide groups is 1. The number of nitrogens with zero attached hydrogens (tertiary/aromatic N) is 1. The predicted molar refractivity (Wildman–Crippen MR) is 130 cm³/mol. The van der Waals surface area contributed by atoms with Crippen LogP contribution in [0.15, 0.2) is 72.4 Å². The van der Waals surface area contributed by atoms with E-state index in [0.717, 1.165) is 27.8 Å². The monoisotopic (exact) mass is 444 g/mol. The third-order valence-electron chi connectivity index (χ3n) is 5.96. The number of aryl methyl sites for hydroxylation is 2. The molecule has 4 nitrogen and oxygen atoms in total. The molecule has 4 rings (SSSR count). The van der Waals surface area contributed by atoms with Crippen LogP contribution in [-0.2, 0) is 16.0 Å². The predicted octanol–water partition coefficient (Wildman–Crippen LogP) is 5.70. The van der Waals surface area contributed by atoms with Gasteiger partial charge in [-0.05, 0) is 67.1 Å². The molecule has 3 aromatic rings. The van der Waals surface area contributed by atoms with Crippen molar-refractivity contribution in [2.24, 2.45) is 0 Å². The molecule has 0 saturated heterocycles. The van der Waals surface area contributed by atoms with E-state index in [2.05, 4.69) is 5.32 Å². The Balaban J connectivity index is 1.73. The summed E-state index contributed by atoms with van der Waals surface area (Å²) in [5.74, 6) is -0.602. The van der Waals surface area contributed by atoms with E-state index in [-0.39, 0.29) is 17.5 Å². The molecule has 3 aromatic carbocycles. The summed E-state index contributed by atoms with van der Waals surface area (Å²) in [6, 6.07) is 21.2. The second kappa shape index (κ2) is 9.01. The van der Waals surface area contributed by atoms with Crippen LogP contribution in [0.5, 0.6) is 0 Å². The van der Waals surface area contributed by atoms with Gasteiger partial charge in [0.25, 0.3) is 11.8 Å². The van der Waals surface area contributed by atoms with Crippen molar-refractivity contribution in [3.8, 4) is 0 Å². The van der Waals surface area contributed by atoms with Crippen LogP contribution >= 0.6 is 11.6 Å². The van der Waals surface area contributed by atoms with Crippen LogP contribution in [0.2, 0.25) is 5.02 Å². The second-order valence-corrected chi connectivity index (χ2v) is 8.49. The highest BCUT2D eigenvalue weighted by Gasteiger charge is 2.39. The number of nitrogens with one attached hydrogen (secondary N) is 1. The van der Waals surface area contributed by atoms with E-state index >= 15 is 0 Å². The Morgan fingerprint density at radius 1 is 0.844 bits per heavy atom. The molecule has 5 heteroatoms. The second-order valence-electron chi connectivity index (χ2n) is 8.08. The maximum Gasteiger partial charge on any atom is 0.278 e. The Morgan fingerprint density at radius 3 is 2.31 bits per heavy atom. The van der Waals surface area contributed by atoms with Crippen LogP contribution in [-0.4, -0.2) is 23.3 Å². The Hall–Kier alpha value is -3.37. The van der Waals surface area contributed by atoms with E-state index in [1.54, 1.807) is 6.07 Å². The van der Waals surface area contributed by atoms with Gasteiger partial charge in [0.1, 0.15) is 5.70 Å². The van der Waals surface area contributed by atoms with E-state index in [1.807, 2.05) is 81.4 Å². The van der Waals surface area contributed by atoms with Gasteiger partial charge >= 0.3 is 0 Å². The number of hydrogen-bond acceptors (Lipinski definition) is 3. The molecule has 162 valence electrons. The Bertz CT molecular complexity index is 1230. The summed E-state index contributed by atoms with van der Waals surface area (Å²) in [5, 5.41) is 3.82. The highest BCUT2D eigenvalue weighted by atomic mass is 35.5. The quantitative estimate of drug-likeness (QED) is 0.496. The number of carbonyl (C=O) groups excluding carboxylic acids is 2. The first-order chi connectivity index (χ1) is 15.4. The zero-order valence-electron chi connectivity index (χ0n) is 18.4. The smallest absolute Gasteiger partial charge is 0.278 e. The van der Waals surface area contributed by atoms with Crippen molar-refractivity contribution in [2.45, 2.75) is 27.2 Å². The standard InChI is InChI=1S/C27H25ClN2O2/c1-17-12-13-21(16-18(17)2)24-25(29-23-11-7-10-22(28)19(23)3)27(32)30(26(24)31)15-14-20-8-5-4-6-9-20/h4-13,16,29H,14-15H2,1-3H3. The van der Waals surface area contributed by atoms with Crippen LogP contribution in [0.4, 0.5) is 5.69 Å². The highest BCUT2D eigenvalue weighted by molar-refractivity contribution is 6.36. The molecule has 32 heavy (non-hydrogen) atoms. The lowest BCUT2D eigenvalue weighted by molar-refractivity contribution is -0.136. The molecule has 0 unspecified atom stereocenters. The normalized spacial score (nSPS) is 13.8. The fourth-order valence-electron chi connectivity index (χ4n) is 3.82. The van der Waals surface area contributed by atoms with Crippen LogP contribution < -0.4 is 5.32 Å². The molecule has 0 aromatic heterocycles. The zero-order valence-corrected chi connectivity index (χ0v) is 19.2. The minimum absolute atomic E-state index is 0.281. The van der Waals surface area contributed by atoms with E-state index in [1.165, 1.54) is 4.90 Å². The van der Waals surface area contributed by atoms with Gasteiger partial charge in [0.2, 0.25) is 0 Å². The summed E-state index contributed by atoms with van der Waals surface area (Å²) < 4.78 is 0. The van der Waals surface area contributed by atoms with E-state index < -0.39 is 0 Å². The van der Waals surface area contributed by atoms with Crippen LogP contribution in [0, 0.1) is 20.8 Å². The summed E-state index contributed by atoms with van der Waals surface area (Å²) in [6.07, 6.45) is 0.599. The van der Waals surface area contributed by atoms with Gasteiger partial charge in [-0.1, -0.05) is 66.2 Å². The number of hydrogen-bond donors (Lipinski definition) is 1. The lowest BCUT2D eigenvalue weighted by atomic mass is 9.99. The summed E-state index contributed by atoms with van der Waals surface area (Å²) >= 11 is 6.28. The maximum atomic E-state index is 13.5. The lowest BCUT2D eigenvalue weighted by Gasteiger charge is -2.16. The average molecular weight is 445 g/mol. The van der Waals surface area contributed by atoms with Gasteiger partial charge in [0.05, 0.1) is 5.57 Å². The maximum absolute atomic E-state index is 13.5. The average Bonchev–Trinajstić information content (AvgIpc) is 3.02. The first-order valence-electron chi connectivity index (χ1n) is 10.6. The summed E-state index contributed by atoms with van der Waals surface area (Å²) in [6.45, 7) is 6.23. The summed E-state index contributed by atoms with van der Waals surface area (Å²) in [7, 11) is 0. The largest absolute Gasteiger partial charge is 0.350 e. The molecule has 0 bridgehead atoms. The molecule has 1 aliphatic rings. The van der Waals surface area contributed by atoms with Crippen molar-refractivity contribution < 1.29 is 9.59 Å². The fraction of sp³-hybridized carbons (Fsp3) is 0.185. The van der Waals surface area contributed by atoms with Gasteiger partial charge in [-0.2, -0.15) is 0 Å². The molecular formula is C27H25ClN2O2. The molecule has 0 radical (unpaired) electrons. The number of anilines is 1. The summed E-state index contributed by atoms with van der Waals surface area (Å²) in [4.78, 5) is 28.2. The van der Waals surface area contributed by atoms with Crippen molar-refractivity contribution in [1.82, 2.24) is 4.90 Å².